The highest BCUT2D eigenvalue weighted by Crippen LogP contribution is 2.24. The number of aromatic nitrogens is 4. The van der Waals surface area contributed by atoms with Crippen LogP contribution in [0.1, 0.15) is 46.1 Å². The van der Waals surface area contributed by atoms with E-state index >= 15 is 0 Å². The fourth-order valence-corrected chi connectivity index (χ4v) is 3.69. The van der Waals surface area contributed by atoms with Gasteiger partial charge in [0.05, 0.1) is 18.1 Å². The third kappa shape index (κ3) is 6.35. The summed E-state index contributed by atoms with van der Waals surface area (Å²) >= 11 is 1.59. The van der Waals surface area contributed by atoms with Crippen molar-refractivity contribution in [3.05, 3.63) is 36.0 Å². The predicted octanol–water partition coefficient (Wildman–Crippen LogP) is 4.08. The zero-order valence-electron chi connectivity index (χ0n) is 19.4. The van der Waals surface area contributed by atoms with Crippen LogP contribution in [-0.4, -0.2) is 50.6 Å². The number of carbonyl (C=O) groups is 1. The van der Waals surface area contributed by atoms with Crippen molar-refractivity contribution in [2.45, 2.75) is 58.3 Å². The lowest BCUT2D eigenvalue weighted by Crippen LogP contribution is -2.31. The minimum atomic E-state index is -0.173. The number of carbonyl (C=O) groups excluding carboxylic acids is 1. The fraction of sp³-hybridized carbons (Fsp3) is 0.478. The van der Waals surface area contributed by atoms with Gasteiger partial charge in [0, 0.05) is 12.6 Å². The first-order valence-electron chi connectivity index (χ1n) is 11.0. The van der Waals surface area contributed by atoms with Crippen molar-refractivity contribution < 1.29 is 9.53 Å². The van der Waals surface area contributed by atoms with Crippen LogP contribution in [0.25, 0.3) is 11.0 Å². The molecule has 0 aliphatic heterocycles. The third-order valence-corrected chi connectivity index (χ3v) is 5.47. The first kappa shape index (κ1) is 23.8. The van der Waals surface area contributed by atoms with Gasteiger partial charge in [-0.25, -0.2) is 14.6 Å². The van der Waals surface area contributed by atoms with Crippen molar-refractivity contribution in [2.24, 2.45) is 0 Å². The number of benzene rings is 1. The highest BCUT2D eigenvalue weighted by Gasteiger charge is 2.14. The average molecular weight is 457 g/mol. The van der Waals surface area contributed by atoms with Crippen molar-refractivity contribution in [2.75, 3.05) is 24.2 Å². The number of ether oxygens (including phenoxy) is 1. The summed E-state index contributed by atoms with van der Waals surface area (Å²) in [5, 5.41) is 12.3. The lowest BCUT2D eigenvalue weighted by Gasteiger charge is -2.12. The number of fused-ring (bicyclic) bond motifs is 1. The number of hydrogen-bond acceptors (Lipinski definition) is 7. The second kappa shape index (κ2) is 11.2. The Hall–Kier alpha value is -2.81. The smallest absolute Gasteiger partial charge is 0.258 e. The summed E-state index contributed by atoms with van der Waals surface area (Å²) < 4.78 is 7.39. The molecule has 0 radical (unpaired) electrons. The molecular formula is C23H32N6O2S. The number of anilines is 1. The van der Waals surface area contributed by atoms with Crippen LogP contribution >= 0.6 is 11.8 Å². The van der Waals surface area contributed by atoms with Crippen molar-refractivity contribution in [1.82, 2.24) is 25.1 Å². The number of thioether (sulfide) groups is 1. The Balaban J connectivity index is 1.57. The molecule has 1 amide bonds. The number of nitrogens with one attached hydrogen (secondary N) is 2. The summed E-state index contributed by atoms with van der Waals surface area (Å²) in [6.07, 6.45) is 1.77. The van der Waals surface area contributed by atoms with Gasteiger partial charge in [0.2, 0.25) is 0 Å². The lowest BCUT2D eigenvalue weighted by molar-refractivity contribution is -0.123. The molecule has 9 heteroatoms. The average Bonchev–Trinajstić information content (AvgIpc) is 3.15. The standard InChI is InChI=1S/C23H32N6O2S/c1-6-32-23-27-21(26-16(4)5)19-13-25-29(22(19)28-23)12-11-24-20(30)14-31-18-9-7-17(8-10-18)15(2)3/h7-10,13,15-16H,6,11-12,14H2,1-5H3,(H,24,30)(H,26,27,28). The summed E-state index contributed by atoms with van der Waals surface area (Å²) in [6.45, 7) is 11.4. The fourth-order valence-electron chi connectivity index (χ4n) is 3.13. The van der Waals surface area contributed by atoms with Gasteiger partial charge in [0.1, 0.15) is 11.6 Å². The molecule has 0 saturated carbocycles. The van der Waals surface area contributed by atoms with E-state index in [0.717, 1.165) is 22.6 Å². The quantitative estimate of drug-likeness (QED) is 0.332. The molecule has 8 nitrogen and oxygen atoms in total. The molecule has 0 atom stereocenters. The maximum atomic E-state index is 12.2. The summed E-state index contributed by atoms with van der Waals surface area (Å²) in [6, 6.07) is 8.09. The van der Waals surface area contributed by atoms with Gasteiger partial charge < -0.3 is 15.4 Å². The van der Waals surface area contributed by atoms with Crippen molar-refractivity contribution >= 4 is 34.5 Å². The van der Waals surface area contributed by atoms with E-state index in [1.807, 2.05) is 24.3 Å². The Bertz CT molecular complexity index is 1030. The number of amides is 1. The van der Waals surface area contributed by atoms with Gasteiger partial charge in [-0.1, -0.05) is 44.7 Å². The molecule has 172 valence electrons. The van der Waals surface area contributed by atoms with E-state index in [0.29, 0.717) is 29.9 Å². The van der Waals surface area contributed by atoms with Crippen LogP contribution in [0.2, 0.25) is 0 Å². The number of rotatable bonds is 11. The Labute approximate surface area is 193 Å². The first-order valence-corrected chi connectivity index (χ1v) is 12.0. The van der Waals surface area contributed by atoms with Crippen molar-refractivity contribution in [3.8, 4) is 5.75 Å². The summed E-state index contributed by atoms with van der Waals surface area (Å²) in [5.74, 6) is 2.65. The molecule has 0 aliphatic carbocycles. The lowest BCUT2D eigenvalue weighted by atomic mass is 10.0. The summed E-state index contributed by atoms with van der Waals surface area (Å²) in [7, 11) is 0. The maximum absolute atomic E-state index is 12.2. The largest absolute Gasteiger partial charge is 0.484 e. The van der Waals surface area contributed by atoms with Gasteiger partial charge in [-0.3, -0.25) is 4.79 Å². The van der Waals surface area contributed by atoms with Crippen LogP contribution < -0.4 is 15.4 Å². The van der Waals surface area contributed by atoms with Gasteiger partial charge in [-0.15, -0.1) is 0 Å². The van der Waals surface area contributed by atoms with Crippen molar-refractivity contribution in [1.29, 1.82) is 0 Å². The number of nitrogens with zero attached hydrogens (tertiary/aromatic N) is 4. The monoisotopic (exact) mass is 456 g/mol. The van der Waals surface area contributed by atoms with Crippen LogP contribution in [0.4, 0.5) is 5.82 Å². The first-order chi connectivity index (χ1) is 15.4. The Morgan fingerprint density at radius 2 is 1.91 bits per heavy atom. The van der Waals surface area contributed by atoms with Crippen LogP contribution in [0, 0.1) is 0 Å². The minimum Gasteiger partial charge on any atom is -0.484 e. The molecule has 2 N–H and O–H groups in total. The molecule has 0 unspecified atom stereocenters. The Kier molecular flexibility index (Phi) is 8.33. The molecule has 0 aliphatic rings. The van der Waals surface area contributed by atoms with Crippen molar-refractivity contribution in [3.63, 3.8) is 0 Å². The SMILES string of the molecule is CCSc1nc(NC(C)C)c2cnn(CCNC(=O)COc3ccc(C(C)C)cc3)c2n1. The highest BCUT2D eigenvalue weighted by atomic mass is 32.2. The maximum Gasteiger partial charge on any atom is 0.258 e. The Morgan fingerprint density at radius 1 is 1.16 bits per heavy atom. The summed E-state index contributed by atoms with van der Waals surface area (Å²) in [4.78, 5) is 21.5. The van der Waals surface area contributed by atoms with E-state index in [-0.39, 0.29) is 18.6 Å². The van der Waals surface area contributed by atoms with Crippen LogP contribution in [0.3, 0.4) is 0 Å². The third-order valence-electron chi connectivity index (χ3n) is 4.74. The molecule has 1 aromatic carbocycles. The molecule has 0 saturated heterocycles. The normalized spacial score (nSPS) is 11.3. The molecule has 0 bridgehead atoms. The van der Waals surface area contributed by atoms with E-state index in [9.17, 15) is 4.79 Å². The molecule has 3 aromatic rings. The molecule has 32 heavy (non-hydrogen) atoms. The van der Waals surface area contributed by atoms with E-state index in [1.54, 1.807) is 22.6 Å². The topological polar surface area (TPSA) is 94.0 Å². The Morgan fingerprint density at radius 3 is 2.56 bits per heavy atom. The van der Waals surface area contributed by atoms with Gasteiger partial charge in [-0.05, 0) is 43.2 Å². The highest BCUT2D eigenvalue weighted by molar-refractivity contribution is 7.99. The van der Waals surface area contributed by atoms with E-state index in [1.165, 1.54) is 5.56 Å². The molecule has 0 fully saturated rings. The number of hydrogen-bond donors (Lipinski definition) is 2. The van der Waals surface area contributed by atoms with E-state index < -0.39 is 0 Å². The summed E-state index contributed by atoms with van der Waals surface area (Å²) in [5.41, 5.74) is 2.00. The van der Waals surface area contributed by atoms with Crippen LogP contribution in [0.15, 0.2) is 35.6 Å². The minimum absolute atomic E-state index is 0.0250. The zero-order valence-corrected chi connectivity index (χ0v) is 20.2. The molecule has 2 heterocycles. The molecule has 2 aromatic heterocycles. The molecule has 0 spiro atoms. The van der Waals surface area contributed by atoms with Gasteiger partial charge in [-0.2, -0.15) is 5.10 Å². The second-order valence-electron chi connectivity index (χ2n) is 8.05. The van der Waals surface area contributed by atoms with Gasteiger partial charge in [0.25, 0.3) is 5.91 Å². The second-order valence-corrected chi connectivity index (χ2v) is 9.29. The van der Waals surface area contributed by atoms with Gasteiger partial charge >= 0.3 is 0 Å². The van der Waals surface area contributed by atoms with Crippen LogP contribution in [0.5, 0.6) is 5.75 Å². The van der Waals surface area contributed by atoms with E-state index in [2.05, 4.69) is 60.3 Å². The van der Waals surface area contributed by atoms with Gasteiger partial charge in [0.15, 0.2) is 17.4 Å². The molecular weight excluding hydrogens is 424 g/mol. The zero-order chi connectivity index (χ0) is 23.1. The van der Waals surface area contributed by atoms with Crippen LogP contribution in [-0.2, 0) is 11.3 Å². The van der Waals surface area contributed by atoms with E-state index in [4.69, 9.17) is 4.74 Å². The molecule has 3 rings (SSSR count). The predicted molar refractivity (Wildman–Crippen MR) is 130 cm³/mol.